The minimum atomic E-state index is -3.05. The number of carbonyl (C=O) groups excluding carboxylic acids is 2. The summed E-state index contributed by atoms with van der Waals surface area (Å²) in [7, 11) is 8.16. The van der Waals surface area contributed by atoms with Gasteiger partial charge in [-0.05, 0) is 12.1 Å². The molecule has 0 atom stereocenters. The first-order chi connectivity index (χ1) is 17.9. The van der Waals surface area contributed by atoms with Crippen molar-refractivity contribution in [2.45, 2.75) is 12.2 Å². The summed E-state index contributed by atoms with van der Waals surface area (Å²) in [5.74, 6) is -4.54. The molecular formula is C21H22BF2N9O5. The second-order valence-corrected chi connectivity index (χ2v) is 8.36. The molecule has 3 heterocycles. The third-order valence-electron chi connectivity index (χ3n) is 5.42. The van der Waals surface area contributed by atoms with E-state index >= 15 is 0 Å². The highest BCUT2D eigenvalue weighted by Crippen LogP contribution is 2.37. The number of aryl methyl sites for hydroxylation is 1. The molecule has 3 amide bonds. The summed E-state index contributed by atoms with van der Waals surface area (Å²) in [6.07, 6.45) is -1.03. The smallest absolute Gasteiger partial charge is 0.323 e. The number of aliphatic hydroxyl groups is 2. The second kappa shape index (κ2) is 10.5. The Hall–Kier alpha value is -4.38. The molecule has 198 valence electrons. The number of alkyl halides is 2. The van der Waals surface area contributed by atoms with Gasteiger partial charge in [0.2, 0.25) is 6.43 Å². The van der Waals surface area contributed by atoms with Crippen LogP contribution < -0.4 is 20.7 Å². The summed E-state index contributed by atoms with van der Waals surface area (Å²) in [6, 6.07) is 5.54. The van der Waals surface area contributed by atoms with E-state index in [1.54, 1.807) is 30.6 Å². The summed E-state index contributed by atoms with van der Waals surface area (Å²) in [5, 5.41) is 37.7. The summed E-state index contributed by atoms with van der Waals surface area (Å²) < 4.78 is 32.5. The highest BCUT2D eigenvalue weighted by molar-refractivity contribution is 6.15. The molecule has 2 radical (unpaired) electrons. The normalized spacial score (nSPS) is 13.7. The number of amides is 3. The lowest BCUT2D eigenvalue weighted by Gasteiger charge is -2.38. The zero-order valence-corrected chi connectivity index (χ0v) is 20.1. The van der Waals surface area contributed by atoms with E-state index < -0.39 is 35.8 Å². The number of anilines is 3. The number of nitrogens with zero attached hydrogens (tertiary/aromatic N) is 6. The zero-order chi connectivity index (χ0) is 27.6. The van der Waals surface area contributed by atoms with Crippen LogP contribution in [0.25, 0.3) is 11.4 Å². The van der Waals surface area contributed by atoms with Gasteiger partial charge < -0.3 is 30.5 Å². The molecule has 17 heteroatoms. The van der Waals surface area contributed by atoms with Crippen molar-refractivity contribution in [3.05, 3.63) is 36.3 Å². The van der Waals surface area contributed by atoms with Gasteiger partial charge in [-0.2, -0.15) is 5.10 Å². The zero-order valence-electron chi connectivity index (χ0n) is 20.1. The molecule has 0 aliphatic carbocycles. The summed E-state index contributed by atoms with van der Waals surface area (Å²) in [5.41, 5.74) is 0.366. The van der Waals surface area contributed by atoms with Crippen molar-refractivity contribution in [1.29, 1.82) is 0 Å². The van der Waals surface area contributed by atoms with Gasteiger partial charge in [0, 0.05) is 26.2 Å². The van der Waals surface area contributed by atoms with Crippen LogP contribution in [0, 0.1) is 5.92 Å². The quantitative estimate of drug-likeness (QED) is 0.201. The Morgan fingerprint density at radius 3 is 2.58 bits per heavy atom. The fourth-order valence-electron chi connectivity index (χ4n) is 3.61. The fourth-order valence-corrected chi connectivity index (χ4v) is 3.61. The van der Waals surface area contributed by atoms with Crippen molar-refractivity contribution in [2.75, 3.05) is 30.8 Å². The number of para-hydroxylation sites is 1. The van der Waals surface area contributed by atoms with Crippen LogP contribution in [0.2, 0.25) is 0 Å². The van der Waals surface area contributed by atoms with Crippen molar-refractivity contribution in [2.24, 2.45) is 13.0 Å². The maximum atomic E-state index is 12.8. The molecule has 14 nitrogen and oxygen atoms in total. The second-order valence-electron chi connectivity index (χ2n) is 8.36. The minimum Gasteiger partial charge on any atom is -0.494 e. The van der Waals surface area contributed by atoms with Crippen LogP contribution in [0.4, 0.5) is 30.8 Å². The summed E-state index contributed by atoms with van der Waals surface area (Å²) in [4.78, 5) is 30.4. The number of hydrogen-bond acceptors (Lipinski definition) is 10. The highest BCUT2D eigenvalue weighted by Gasteiger charge is 2.37. The molecule has 2 aromatic heterocycles. The molecule has 1 aliphatic heterocycles. The molecule has 4 rings (SSSR count). The van der Waals surface area contributed by atoms with Gasteiger partial charge in [-0.15, -0.1) is 10.2 Å². The molecule has 0 bridgehead atoms. The number of urea groups is 1. The van der Waals surface area contributed by atoms with Gasteiger partial charge in [0.1, 0.15) is 6.33 Å². The van der Waals surface area contributed by atoms with Crippen LogP contribution in [0.3, 0.4) is 0 Å². The molecule has 3 aromatic rings. The largest absolute Gasteiger partial charge is 0.494 e. The Balaban J connectivity index is 1.66. The van der Waals surface area contributed by atoms with E-state index in [1.165, 1.54) is 29.1 Å². The van der Waals surface area contributed by atoms with Crippen LogP contribution in [0.15, 0.2) is 30.6 Å². The van der Waals surface area contributed by atoms with Crippen molar-refractivity contribution >= 4 is 37.0 Å². The Morgan fingerprint density at radius 2 is 1.97 bits per heavy atom. The number of methoxy groups -OCH3 is 1. The lowest BCUT2D eigenvalue weighted by Crippen LogP contribution is -2.54. The maximum absolute atomic E-state index is 12.8. The van der Waals surface area contributed by atoms with Gasteiger partial charge in [-0.25, -0.2) is 18.6 Å². The number of nitrogens with one attached hydrogen (secondary N) is 3. The van der Waals surface area contributed by atoms with E-state index in [0.717, 1.165) is 0 Å². The predicted molar refractivity (Wildman–Crippen MR) is 129 cm³/mol. The number of aromatic nitrogens is 5. The molecule has 0 saturated carbocycles. The van der Waals surface area contributed by atoms with Crippen molar-refractivity contribution in [1.82, 2.24) is 35.2 Å². The standard InChI is InChI=1S/C21H22BF2N9O5/c1-32-9-25-18(31-32)11-4-3-5-12(16(11)38-2)26-13-6-14(27-20(35)33-7-10(8-33)17(23)24)29-30-15(13)19(34)28-21(22,36)37/h3-6,9-10,17,36-37H,7-8H2,1-2H3,(H,28,34)(H2,26,27,29,35). The highest BCUT2D eigenvalue weighted by atomic mass is 19.3. The number of rotatable bonds is 8. The molecule has 0 unspecified atom stereocenters. The van der Waals surface area contributed by atoms with Gasteiger partial charge in [0.05, 0.1) is 30.0 Å². The first kappa shape index (κ1) is 26.7. The fraction of sp³-hybridized carbons (Fsp3) is 0.333. The number of carbonyl (C=O) groups is 2. The van der Waals surface area contributed by atoms with Crippen LogP contribution in [-0.2, 0) is 7.05 Å². The SMILES string of the molecule is [B]C(O)(O)NC(=O)c1nnc(NC(=O)N2CC(C(F)F)C2)cc1Nc1cccc(-c2ncn(C)n2)c1OC. The Bertz CT molecular complexity index is 1340. The van der Waals surface area contributed by atoms with Crippen LogP contribution in [0.5, 0.6) is 5.75 Å². The van der Waals surface area contributed by atoms with E-state index in [2.05, 4.69) is 30.9 Å². The topological polar surface area (TPSA) is 180 Å². The molecule has 5 N–H and O–H groups in total. The number of benzene rings is 1. The Kier molecular flexibility index (Phi) is 7.40. The first-order valence-electron chi connectivity index (χ1n) is 11.0. The minimum absolute atomic E-state index is 0.0458. The van der Waals surface area contributed by atoms with Gasteiger partial charge >= 0.3 is 6.03 Å². The first-order valence-corrected chi connectivity index (χ1v) is 11.0. The third-order valence-corrected chi connectivity index (χ3v) is 5.42. The molecule has 1 aromatic carbocycles. The number of ether oxygens (including phenoxy) is 1. The molecule has 1 saturated heterocycles. The molecular weight excluding hydrogens is 507 g/mol. The van der Waals surface area contributed by atoms with Gasteiger partial charge in [-0.3, -0.25) is 14.8 Å². The van der Waals surface area contributed by atoms with E-state index in [9.17, 15) is 28.6 Å². The van der Waals surface area contributed by atoms with E-state index in [1.807, 2.05) is 0 Å². The van der Waals surface area contributed by atoms with Crippen molar-refractivity contribution in [3.8, 4) is 17.1 Å². The number of likely N-dealkylation sites (tertiary alicyclic amines) is 1. The number of hydrogen-bond donors (Lipinski definition) is 5. The maximum Gasteiger partial charge on any atom is 0.323 e. The van der Waals surface area contributed by atoms with Gasteiger partial charge in [0.15, 0.2) is 36.7 Å². The molecule has 1 aliphatic rings. The van der Waals surface area contributed by atoms with E-state index in [4.69, 9.17) is 12.6 Å². The van der Waals surface area contributed by atoms with Crippen molar-refractivity contribution < 1.29 is 33.3 Å². The van der Waals surface area contributed by atoms with Gasteiger partial charge in [0.25, 0.3) is 5.91 Å². The Morgan fingerprint density at radius 1 is 1.24 bits per heavy atom. The van der Waals surface area contributed by atoms with Gasteiger partial charge in [-0.1, -0.05) is 6.07 Å². The predicted octanol–water partition coefficient (Wildman–Crippen LogP) is 0.247. The average molecular weight is 529 g/mol. The summed E-state index contributed by atoms with van der Waals surface area (Å²) >= 11 is 0. The lowest BCUT2D eigenvalue weighted by atomic mass is 10.0. The summed E-state index contributed by atoms with van der Waals surface area (Å²) in [6.45, 7) is -0.251. The van der Waals surface area contributed by atoms with E-state index in [0.29, 0.717) is 22.8 Å². The van der Waals surface area contributed by atoms with Crippen LogP contribution >= 0.6 is 0 Å². The average Bonchev–Trinajstić information content (AvgIpc) is 3.22. The molecule has 38 heavy (non-hydrogen) atoms. The lowest BCUT2D eigenvalue weighted by molar-refractivity contribution is -0.102. The van der Waals surface area contributed by atoms with Crippen molar-refractivity contribution in [3.63, 3.8) is 0 Å². The molecule has 1 fully saturated rings. The monoisotopic (exact) mass is 529 g/mol. The van der Waals surface area contributed by atoms with Crippen LogP contribution in [0.1, 0.15) is 10.5 Å². The Labute approximate surface area is 215 Å². The molecule has 0 spiro atoms. The van der Waals surface area contributed by atoms with Crippen LogP contribution in [-0.4, -0.2) is 92.3 Å². The third kappa shape index (κ3) is 5.95. The van der Waals surface area contributed by atoms with E-state index in [-0.39, 0.29) is 24.6 Å². The number of halogens is 2.